The smallest absolute Gasteiger partial charge is 0.276 e. The van der Waals surface area contributed by atoms with Gasteiger partial charge >= 0.3 is 0 Å². The lowest BCUT2D eigenvalue weighted by Crippen LogP contribution is -2.21. The molecule has 2 aromatic carbocycles. The molecule has 0 aliphatic carbocycles. The number of nitrogens with zero attached hydrogens (tertiary/aromatic N) is 2. The molecule has 4 heteroatoms. The molecule has 0 atom stereocenters. The maximum atomic E-state index is 12.3. The largest absolute Gasteiger partial charge is 0.508 e. The Morgan fingerprint density at radius 3 is 2.52 bits per heavy atom. The standard InChI is InChI=1S/C17H14N2O2/c1-19-16-5-3-2-4-14(16)18-15(17(19)21)11-8-12-6-9-13(20)10-7-12/h2-11,20H,1H3/b11-8-. The predicted octanol–water partition coefficient (Wildman–Crippen LogP) is 2.81. The van der Waals surface area contributed by atoms with Crippen LogP contribution in [0.1, 0.15) is 11.3 Å². The maximum Gasteiger partial charge on any atom is 0.276 e. The third-order valence-electron chi connectivity index (χ3n) is 3.33. The van der Waals surface area contributed by atoms with Crippen molar-refractivity contribution >= 4 is 23.2 Å². The third kappa shape index (κ3) is 2.56. The average molecular weight is 278 g/mol. The quantitative estimate of drug-likeness (QED) is 0.784. The van der Waals surface area contributed by atoms with Crippen LogP contribution in [0.2, 0.25) is 0 Å². The average Bonchev–Trinajstić information content (AvgIpc) is 2.51. The predicted molar refractivity (Wildman–Crippen MR) is 84.0 cm³/mol. The second-order valence-corrected chi connectivity index (χ2v) is 4.77. The van der Waals surface area contributed by atoms with Crippen molar-refractivity contribution in [3.63, 3.8) is 0 Å². The van der Waals surface area contributed by atoms with Gasteiger partial charge < -0.3 is 9.67 Å². The molecule has 0 bridgehead atoms. The van der Waals surface area contributed by atoms with Crippen LogP contribution in [-0.2, 0) is 7.05 Å². The first-order valence-corrected chi connectivity index (χ1v) is 6.58. The number of hydrogen-bond donors (Lipinski definition) is 1. The van der Waals surface area contributed by atoms with Crippen molar-refractivity contribution < 1.29 is 5.11 Å². The summed E-state index contributed by atoms with van der Waals surface area (Å²) in [5, 5.41) is 9.25. The highest BCUT2D eigenvalue weighted by Gasteiger charge is 2.05. The molecule has 0 fully saturated rings. The topological polar surface area (TPSA) is 55.1 Å². The Morgan fingerprint density at radius 2 is 1.76 bits per heavy atom. The number of aromatic hydroxyl groups is 1. The van der Waals surface area contributed by atoms with Crippen LogP contribution in [0.3, 0.4) is 0 Å². The molecule has 0 saturated carbocycles. The summed E-state index contributed by atoms with van der Waals surface area (Å²) < 4.78 is 1.60. The van der Waals surface area contributed by atoms with Crippen LogP contribution in [0.25, 0.3) is 23.2 Å². The third-order valence-corrected chi connectivity index (χ3v) is 3.33. The van der Waals surface area contributed by atoms with Gasteiger partial charge in [-0.25, -0.2) is 4.98 Å². The molecule has 104 valence electrons. The number of phenolic OH excluding ortho intramolecular Hbond substituents is 1. The molecule has 0 saturated heterocycles. The number of para-hydroxylation sites is 2. The summed E-state index contributed by atoms with van der Waals surface area (Å²) in [6.45, 7) is 0. The van der Waals surface area contributed by atoms with Crippen molar-refractivity contribution in [1.82, 2.24) is 9.55 Å². The first-order valence-electron chi connectivity index (χ1n) is 6.58. The van der Waals surface area contributed by atoms with Gasteiger partial charge in [-0.1, -0.05) is 30.3 Å². The van der Waals surface area contributed by atoms with E-state index in [2.05, 4.69) is 4.98 Å². The van der Waals surface area contributed by atoms with Crippen molar-refractivity contribution in [3.05, 3.63) is 70.1 Å². The van der Waals surface area contributed by atoms with Crippen LogP contribution < -0.4 is 5.56 Å². The molecule has 1 aromatic heterocycles. The Labute approximate surface area is 121 Å². The fraction of sp³-hybridized carbons (Fsp3) is 0.0588. The molecule has 3 aromatic rings. The van der Waals surface area contributed by atoms with Crippen molar-refractivity contribution in [2.24, 2.45) is 7.05 Å². The Balaban J connectivity index is 2.06. The number of phenols is 1. The van der Waals surface area contributed by atoms with Gasteiger partial charge in [0.15, 0.2) is 0 Å². The lowest BCUT2D eigenvalue weighted by atomic mass is 10.2. The lowest BCUT2D eigenvalue weighted by molar-refractivity contribution is 0.475. The van der Waals surface area contributed by atoms with Crippen LogP contribution in [0.4, 0.5) is 0 Å². The van der Waals surface area contributed by atoms with Crippen molar-refractivity contribution in [3.8, 4) is 5.75 Å². The molecule has 0 unspecified atom stereocenters. The zero-order valence-electron chi connectivity index (χ0n) is 11.5. The molecule has 21 heavy (non-hydrogen) atoms. The van der Waals surface area contributed by atoms with Gasteiger partial charge in [-0.15, -0.1) is 0 Å². The molecule has 3 rings (SSSR count). The minimum atomic E-state index is -0.135. The van der Waals surface area contributed by atoms with Crippen LogP contribution in [-0.4, -0.2) is 14.7 Å². The molecular weight excluding hydrogens is 264 g/mol. The molecule has 4 nitrogen and oxygen atoms in total. The van der Waals surface area contributed by atoms with E-state index in [-0.39, 0.29) is 11.3 Å². The number of benzene rings is 2. The second kappa shape index (κ2) is 5.25. The van der Waals surface area contributed by atoms with E-state index < -0.39 is 0 Å². The van der Waals surface area contributed by atoms with Crippen molar-refractivity contribution in [2.75, 3.05) is 0 Å². The van der Waals surface area contributed by atoms with E-state index in [0.29, 0.717) is 5.69 Å². The maximum absolute atomic E-state index is 12.3. The summed E-state index contributed by atoms with van der Waals surface area (Å²) in [6.07, 6.45) is 3.50. The Morgan fingerprint density at radius 1 is 1.05 bits per heavy atom. The number of fused-ring (bicyclic) bond motifs is 1. The number of aryl methyl sites for hydroxylation is 1. The van der Waals surface area contributed by atoms with E-state index in [9.17, 15) is 9.90 Å². The van der Waals surface area contributed by atoms with Gasteiger partial charge in [0.2, 0.25) is 0 Å². The molecular formula is C17H14N2O2. The van der Waals surface area contributed by atoms with Gasteiger partial charge in [0.1, 0.15) is 11.4 Å². The minimum absolute atomic E-state index is 0.135. The van der Waals surface area contributed by atoms with E-state index >= 15 is 0 Å². The molecule has 0 aliphatic rings. The zero-order chi connectivity index (χ0) is 14.8. The van der Waals surface area contributed by atoms with Crippen LogP contribution in [0.5, 0.6) is 5.75 Å². The number of aromatic nitrogens is 2. The Hall–Kier alpha value is -2.88. The van der Waals surface area contributed by atoms with Gasteiger partial charge in [0.05, 0.1) is 11.0 Å². The van der Waals surface area contributed by atoms with E-state index in [1.807, 2.05) is 24.3 Å². The monoisotopic (exact) mass is 278 g/mol. The van der Waals surface area contributed by atoms with Gasteiger partial charge in [-0.3, -0.25) is 4.79 Å². The summed E-state index contributed by atoms with van der Waals surface area (Å²) in [7, 11) is 1.74. The van der Waals surface area contributed by atoms with Gasteiger partial charge in [0, 0.05) is 7.05 Å². The van der Waals surface area contributed by atoms with Gasteiger partial charge in [-0.2, -0.15) is 0 Å². The van der Waals surface area contributed by atoms with Crippen LogP contribution >= 0.6 is 0 Å². The summed E-state index contributed by atoms with van der Waals surface area (Å²) in [5.74, 6) is 0.215. The highest BCUT2D eigenvalue weighted by Crippen LogP contribution is 2.13. The van der Waals surface area contributed by atoms with Crippen LogP contribution in [0, 0.1) is 0 Å². The van der Waals surface area contributed by atoms with Gasteiger partial charge in [0.25, 0.3) is 5.56 Å². The molecule has 1 N–H and O–H groups in total. The molecule has 1 heterocycles. The summed E-state index contributed by atoms with van der Waals surface area (Å²) >= 11 is 0. The van der Waals surface area contributed by atoms with E-state index in [0.717, 1.165) is 16.6 Å². The van der Waals surface area contributed by atoms with Crippen LogP contribution in [0.15, 0.2) is 53.3 Å². The molecule has 0 aliphatic heterocycles. The minimum Gasteiger partial charge on any atom is -0.508 e. The van der Waals surface area contributed by atoms with E-state index in [1.165, 1.54) is 0 Å². The highest BCUT2D eigenvalue weighted by atomic mass is 16.3. The second-order valence-electron chi connectivity index (χ2n) is 4.77. The number of hydrogen-bond acceptors (Lipinski definition) is 3. The highest BCUT2D eigenvalue weighted by molar-refractivity contribution is 5.77. The summed E-state index contributed by atoms with van der Waals surface area (Å²) in [6, 6.07) is 14.3. The molecule has 0 amide bonds. The zero-order valence-corrected chi connectivity index (χ0v) is 11.5. The molecule has 0 radical (unpaired) electrons. The first-order chi connectivity index (χ1) is 10.1. The lowest BCUT2D eigenvalue weighted by Gasteiger charge is -2.05. The molecule has 0 spiro atoms. The fourth-order valence-electron chi connectivity index (χ4n) is 2.17. The normalized spacial score (nSPS) is 11.3. The van der Waals surface area contributed by atoms with E-state index in [1.54, 1.807) is 48.0 Å². The summed E-state index contributed by atoms with van der Waals surface area (Å²) in [5.41, 5.74) is 2.74. The Kier molecular flexibility index (Phi) is 3.28. The van der Waals surface area contributed by atoms with Crippen molar-refractivity contribution in [2.45, 2.75) is 0 Å². The Bertz CT molecular complexity index is 877. The number of rotatable bonds is 2. The first kappa shape index (κ1) is 13.1. The van der Waals surface area contributed by atoms with Crippen molar-refractivity contribution in [1.29, 1.82) is 0 Å². The SMILES string of the molecule is Cn1c(=O)c(/C=C\c2ccc(O)cc2)nc2ccccc21. The van der Waals surface area contributed by atoms with E-state index in [4.69, 9.17) is 0 Å². The van der Waals surface area contributed by atoms with Gasteiger partial charge in [-0.05, 0) is 35.9 Å². The fourth-order valence-corrected chi connectivity index (χ4v) is 2.17. The summed E-state index contributed by atoms with van der Waals surface area (Å²) in [4.78, 5) is 16.7.